The lowest BCUT2D eigenvalue weighted by Gasteiger charge is -2.35. The number of nitrogens with zero attached hydrogens (tertiary/aromatic N) is 7. The van der Waals surface area contributed by atoms with Gasteiger partial charge in [0, 0.05) is 69.5 Å². The lowest BCUT2D eigenvalue weighted by Crippen LogP contribution is -2.46. The van der Waals surface area contributed by atoms with Crippen molar-refractivity contribution in [3.63, 3.8) is 0 Å². The Morgan fingerprint density at radius 1 is 1.00 bits per heavy atom. The Kier molecular flexibility index (Phi) is 5.75. The summed E-state index contributed by atoms with van der Waals surface area (Å²) in [6, 6.07) is 15.8. The lowest BCUT2D eigenvalue weighted by atomic mass is 10.1. The summed E-state index contributed by atoms with van der Waals surface area (Å²) in [5.74, 6) is 0.904. The number of fused-ring (bicyclic) bond motifs is 1. The lowest BCUT2D eigenvalue weighted by molar-refractivity contribution is 0.0827. The van der Waals surface area contributed by atoms with Crippen LogP contribution in [0.4, 0.5) is 5.82 Å². The molecule has 4 aromatic rings. The molecule has 5 rings (SSSR count). The number of hydrogen-bond donors (Lipinski definition) is 0. The third-order valence-corrected chi connectivity index (χ3v) is 6.00. The van der Waals surface area contributed by atoms with Crippen molar-refractivity contribution >= 4 is 22.6 Å². The Bertz CT molecular complexity index is 1260. The number of rotatable bonds is 5. The quantitative estimate of drug-likeness (QED) is 0.474. The smallest absolute Gasteiger partial charge is 0.253 e. The van der Waals surface area contributed by atoms with Gasteiger partial charge in [0.15, 0.2) is 0 Å². The van der Waals surface area contributed by atoms with Crippen LogP contribution in [-0.2, 0) is 6.54 Å². The van der Waals surface area contributed by atoms with Gasteiger partial charge in [-0.05, 0) is 30.3 Å². The molecule has 8 nitrogen and oxygen atoms in total. The van der Waals surface area contributed by atoms with Crippen LogP contribution in [0.3, 0.4) is 0 Å². The van der Waals surface area contributed by atoms with Crippen LogP contribution in [0.2, 0.25) is 0 Å². The van der Waals surface area contributed by atoms with Crippen molar-refractivity contribution < 1.29 is 4.79 Å². The van der Waals surface area contributed by atoms with Crippen LogP contribution in [0.15, 0.2) is 67.3 Å². The molecule has 0 saturated carbocycles. The molecule has 2 aromatic heterocycles. The number of amides is 1. The van der Waals surface area contributed by atoms with Crippen LogP contribution in [0.5, 0.6) is 0 Å². The number of aromatic nitrogens is 4. The fraction of sp³-hybridized carbons (Fsp3) is 0.280. The van der Waals surface area contributed by atoms with Gasteiger partial charge in [-0.2, -0.15) is 5.10 Å². The van der Waals surface area contributed by atoms with Crippen molar-refractivity contribution in [3.05, 3.63) is 78.4 Å². The Balaban J connectivity index is 1.26. The molecule has 1 fully saturated rings. The number of para-hydroxylation sites is 1. The van der Waals surface area contributed by atoms with Crippen LogP contribution in [-0.4, -0.2) is 75.7 Å². The van der Waals surface area contributed by atoms with Crippen molar-refractivity contribution in [1.29, 1.82) is 0 Å². The van der Waals surface area contributed by atoms with E-state index in [9.17, 15) is 4.79 Å². The van der Waals surface area contributed by atoms with Crippen LogP contribution < -0.4 is 4.90 Å². The SMILES string of the molecule is CN(C)C(=O)c1ccc2c(N3CCN(Cc4cnn(-c5ccccc5)c4)CC3)ncnc2c1. The Labute approximate surface area is 193 Å². The second-order valence-corrected chi connectivity index (χ2v) is 8.52. The molecule has 1 aliphatic heterocycles. The summed E-state index contributed by atoms with van der Waals surface area (Å²) >= 11 is 0. The van der Waals surface area contributed by atoms with Gasteiger partial charge in [0.25, 0.3) is 5.91 Å². The molecule has 2 aromatic carbocycles. The number of benzene rings is 2. The van der Waals surface area contributed by atoms with Crippen molar-refractivity contribution in [2.45, 2.75) is 6.54 Å². The first-order valence-electron chi connectivity index (χ1n) is 11.1. The maximum absolute atomic E-state index is 12.3. The van der Waals surface area contributed by atoms with E-state index in [2.05, 4.69) is 43.2 Å². The van der Waals surface area contributed by atoms with Gasteiger partial charge in [-0.3, -0.25) is 9.69 Å². The van der Waals surface area contributed by atoms with Gasteiger partial charge in [0.2, 0.25) is 0 Å². The van der Waals surface area contributed by atoms with Gasteiger partial charge in [-0.15, -0.1) is 0 Å². The molecule has 0 bridgehead atoms. The Morgan fingerprint density at radius 3 is 2.55 bits per heavy atom. The van der Waals surface area contributed by atoms with Crippen LogP contribution in [0.1, 0.15) is 15.9 Å². The highest BCUT2D eigenvalue weighted by Crippen LogP contribution is 2.25. The van der Waals surface area contributed by atoms with Crippen LogP contribution >= 0.6 is 0 Å². The molecule has 33 heavy (non-hydrogen) atoms. The van der Waals surface area contributed by atoms with E-state index in [0.29, 0.717) is 5.56 Å². The summed E-state index contributed by atoms with van der Waals surface area (Å²) < 4.78 is 1.92. The zero-order valence-electron chi connectivity index (χ0n) is 18.9. The molecule has 0 N–H and O–H groups in total. The number of hydrogen-bond acceptors (Lipinski definition) is 6. The van der Waals surface area contributed by atoms with E-state index >= 15 is 0 Å². The first kappa shape index (κ1) is 21.1. The Morgan fingerprint density at radius 2 is 1.79 bits per heavy atom. The largest absolute Gasteiger partial charge is 0.353 e. The standard InChI is InChI=1S/C25H27N7O/c1-29(2)25(33)20-8-9-22-23(14-20)26-18-27-24(22)31-12-10-30(11-13-31)16-19-15-28-32(17-19)21-6-4-3-5-7-21/h3-9,14-15,17-18H,10-13,16H2,1-2H3. The van der Waals surface area contributed by atoms with E-state index < -0.39 is 0 Å². The molecule has 0 unspecified atom stereocenters. The predicted molar refractivity (Wildman–Crippen MR) is 129 cm³/mol. The number of piperazine rings is 1. The molecule has 0 atom stereocenters. The maximum atomic E-state index is 12.3. The molecule has 1 amide bonds. The molecule has 3 heterocycles. The minimum Gasteiger partial charge on any atom is -0.353 e. The Hall–Kier alpha value is -3.78. The first-order valence-corrected chi connectivity index (χ1v) is 11.1. The highest BCUT2D eigenvalue weighted by molar-refractivity contribution is 5.99. The van der Waals surface area contributed by atoms with Crippen LogP contribution in [0.25, 0.3) is 16.6 Å². The van der Waals surface area contributed by atoms with Gasteiger partial charge in [0.05, 0.1) is 17.4 Å². The zero-order chi connectivity index (χ0) is 22.8. The fourth-order valence-corrected chi connectivity index (χ4v) is 4.23. The average molecular weight is 442 g/mol. The van der Waals surface area contributed by atoms with E-state index in [1.165, 1.54) is 5.56 Å². The number of anilines is 1. The highest BCUT2D eigenvalue weighted by Gasteiger charge is 2.21. The third-order valence-electron chi connectivity index (χ3n) is 6.00. The second kappa shape index (κ2) is 8.99. The van der Waals surface area contributed by atoms with E-state index in [1.54, 1.807) is 25.3 Å². The number of carbonyl (C=O) groups excluding carboxylic acids is 1. The van der Waals surface area contributed by atoms with Gasteiger partial charge in [-0.1, -0.05) is 18.2 Å². The third kappa shape index (κ3) is 4.42. The number of carbonyl (C=O) groups is 1. The summed E-state index contributed by atoms with van der Waals surface area (Å²) in [7, 11) is 3.51. The van der Waals surface area contributed by atoms with Crippen molar-refractivity contribution in [1.82, 2.24) is 29.5 Å². The molecule has 0 radical (unpaired) electrons. The van der Waals surface area contributed by atoms with Crippen LogP contribution in [0, 0.1) is 0 Å². The second-order valence-electron chi connectivity index (χ2n) is 8.52. The van der Waals surface area contributed by atoms with Crippen molar-refractivity contribution in [3.8, 4) is 5.69 Å². The molecule has 0 aliphatic carbocycles. The molecule has 168 valence electrons. The molecule has 1 aliphatic rings. The minimum absolute atomic E-state index is 0.0266. The highest BCUT2D eigenvalue weighted by atomic mass is 16.2. The topological polar surface area (TPSA) is 70.4 Å². The summed E-state index contributed by atoms with van der Waals surface area (Å²) in [5.41, 5.74) is 3.71. The molecular formula is C25H27N7O. The molecule has 8 heteroatoms. The van der Waals surface area contributed by atoms with Crippen molar-refractivity contribution in [2.75, 3.05) is 45.2 Å². The van der Waals surface area contributed by atoms with Crippen molar-refractivity contribution in [2.24, 2.45) is 0 Å². The zero-order valence-corrected chi connectivity index (χ0v) is 18.9. The summed E-state index contributed by atoms with van der Waals surface area (Å²) in [4.78, 5) is 27.6. The van der Waals surface area contributed by atoms with Gasteiger partial charge in [0.1, 0.15) is 12.1 Å². The average Bonchev–Trinajstić information content (AvgIpc) is 3.32. The monoisotopic (exact) mass is 441 g/mol. The summed E-state index contributed by atoms with van der Waals surface area (Å²) in [6.45, 7) is 4.54. The minimum atomic E-state index is -0.0266. The maximum Gasteiger partial charge on any atom is 0.253 e. The fourth-order valence-electron chi connectivity index (χ4n) is 4.23. The molecule has 1 saturated heterocycles. The summed E-state index contributed by atoms with van der Waals surface area (Å²) in [6.07, 6.45) is 5.64. The molecule has 0 spiro atoms. The van der Waals surface area contributed by atoms with E-state index in [0.717, 1.165) is 55.1 Å². The normalized spacial score (nSPS) is 14.5. The van der Waals surface area contributed by atoms with E-state index in [-0.39, 0.29) is 5.91 Å². The van der Waals surface area contributed by atoms with E-state index in [1.807, 2.05) is 47.3 Å². The first-order chi connectivity index (χ1) is 16.1. The predicted octanol–water partition coefficient (Wildman–Crippen LogP) is 2.84. The van der Waals surface area contributed by atoms with Gasteiger partial charge in [-0.25, -0.2) is 14.6 Å². The van der Waals surface area contributed by atoms with Gasteiger partial charge >= 0.3 is 0 Å². The summed E-state index contributed by atoms with van der Waals surface area (Å²) in [5, 5.41) is 5.49. The van der Waals surface area contributed by atoms with Gasteiger partial charge < -0.3 is 9.80 Å². The molecular weight excluding hydrogens is 414 g/mol. The van der Waals surface area contributed by atoms with E-state index in [4.69, 9.17) is 0 Å².